The van der Waals surface area contributed by atoms with Gasteiger partial charge in [0.25, 0.3) is 0 Å². The van der Waals surface area contributed by atoms with Crippen molar-refractivity contribution in [1.29, 1.82) is 0 Å². The minimum Gasteiger partial charge on any atom is -0.346 e. The van der Waals surface area contributed by atoms with Crippen molar-refractivity contribution in [2.45, 2.75) is 26.2 Å². The third-order valence-corrected chi connectivity index (χ3v) is 5.64. The fourth-order valence-electron chi connectivity index (χ4n) is 1.93. The molecule has 0 spiro atoms. The molecule has 0 bridgehead atoms. The topological polar surface area (TPSA) is 50.3 Å². The Labute approximate surface area is 114 Å². The van der Waals surface area contributed by atoms with Gasteiger partial charge in [0.15, 0.2) is 11.4 Å². The maximum absolute atomic E-state index is 11.3. The summed E-state index contributed by atoms with van der Waals surface area (Å²) in [6.45, 7) is 5.75. The van der Waals surface area contributed by atoms with Gasteiger partial charge in [0.1, 0.15) is 0 Å². The molecule has 0 radical (unpaired) electrons. The zero-order chi connectivity index (χ0) is 13.1. The van der Waals surface area contributed by atoms with E-state index in [1.165, 1.54) is 11.3 Å². The lowest BCUT2D eigenvalue weighted by atomic mass is 10.0. The predicted molar refractivity (Wildman–Crippen MR) is 76.3 cm³/mol. The van der Waals surface area contributed by atoms with Crippen molar-refractivity contribution in [3.63, 3.8) is 0 Å². The van der Waals surface area contributed by atoms with Crippen LogP contribution >= 0.6 is 11.3 Å². The second kappa shape index (κ2) is 5.93. The molecule has 1 unspecified atom stereocenters. The molecule has 4 nitrogen and oxygen atoms in total. The molecule has 18 heavy (non-hydrogen) atoms. The quantitative estimate of drug-likeness (QED) is 0.795. The highest BCUT2D eigenvalue weighted by atomic mass is 32.2. The first-order valence-electron chi connectivity index (χ1n) is 6.21. The smallest absolute Gasteiger partial charge is 0.186 e. The van der Waals surface area contributed by atoms with Gasteiger partial charge in [-0.25, -0.2) is 4.98 Å². The van der Waals surface area contributed by atoms with E-state index in [9.17, 15) is 9.00 Å². The molecule has 2 rings (SSSR count). The Kier molecular flexibility index (Phi) is 4.50. The van der Waals surface area contributed by atoms with E-state index in [4.69, 9.17) is 0 Å². The number of thiazole rings is 1. The molecule has 0 amide bonds. The van der Waals surface area contributed by atoms with Gasteiger partial charge in [0, 0.05) is 35.4 Å². The molecule has 1 fully saturated rings. The molecule has 1 atom stereocenters. The Hall–Kier alpha value is -0.750. The number of carbonyl (C=O) groups is 1. The van der Waals surface area contributed by atoms with Crippen molar-refractivity contribution < 1.29 is 9.00 Å². The lowest BCUT2D eigenvalue weighted by molar-refractivity contribution is 0.112. The monoisotopic (exact) mass is 286 g/mol. The molecular formula is C12H18N2O2S2. The van der Waals surface area contributed by atoms with E-state index in [0.717, 1.165) is 41.5 Å². The third-order valence-electron chi connectivity index (χ3n) is 3.30. The average Bonchev–Trinajstić information content (AvgIpc) is 2.82. The summed E-state index contributed by atoms with van der Waals surface area (Å²) in [4.78, 5) is 18.6. The molecule has 2 heterocycles. The normalized spacial score (nSPS) is 18.9. The predicted octanol–water partition coefficient (Wildman–Crippen LogP) is 2.04. The standard InChI is InChI=1S/C12H18N2O2S2/c1-3-9(2)11-10(8-15)17-12(13-11)14-4-6-18(16)7-5-14/h8-9H,3-7H2,1-2H3. The van der Waals surface area contributed by atoms with Gasteiger partial charge in [-0.2, -0.15) is 0 Å². The second-order valence-electron chi connectivity index (χ2n) is 4.51. The summed E-state index contributed by atoms with van der Waals surface area (Å²) in [6.07, 6.45) is 1.89. The maximum Gasteiger partial charge on any atom is 0.186 e. The second-order valence-corrected chi connectivity index (χ2v) is 7.21. The van der Waals surface area contributed by atoms with E-state index in [1.807, 2.05) is 0 Å². The number of hydrogen-bond donors (Lipinski definition) is 0. The molecule has 0 aromatic carbocycles. The number of aldehydes is 1. The molecule has 1 aliphatic heterocycles. The lowest BCUT2D eigenvalue weighted by Gasteiger charge is -2.25. The Morgan fingerprint density at radius 2 is 2.17 bits per heavy atom. The Morgan fingerprint density at radius 3 is 2.72 bits per heavy atom. The van der Waals surface area contributed by atoms with Crippen LogP contribution in [0.4, 0.5) is 5.13 Å². The van der Waals surface area contributed by atoms with E-state index < -0.39 is 10.8 Å². The number of hydrogen-bond acceptors (Lipinski definition) is 5. The van der Waals surface area contributed by atoms with Crippen molar-refractivity contribution in [2.75, 3.05) is 29.5 Å². The Bertz CT molecular complexity index is 449. The highest BCUT2D eigenvalue weighted by molar-refractivity contribution is 7.85. The lowest BCUT2D eigenvalue weighted by Crippen LogP contribution is -2.37. The molecule has 6 heteroatoms. The minimum absolute atomic E-state index is 0.314. The highest BCUT2D eigenvalue weighted by Gasteiger charge is 2.22. The first-order chi connectivity index (χ1) is 8.65. The summed E-state index contributed by atoms with van der Waals surface area (Å²) in [5.41, 5.74) is 0.916. The summed E-state index contributed by atoms with van der Waals surface area (Å²) >= 11 is 1.46. The number of rotatable bonds is 4. The van der Waals surface area contributed by atoms with Crippen LogP contribution in [0.25, 0.3) is 0 Å². The summed E-state index contributed by atoms with van der Waals surface area (Å²) in [7, 11) is -0.680. The van der Waals surface area contributed by atoms with E-state index >= 15 is 0 Å². The molecule has 1 aromatic rings. The molecule has 0 aliphatic carbocycles. The maximum atomic E-state index is 11.3. The van der Waals surface area contributed by atoms with Gasteiger partial charge < -0.3 is 4.90 Å². The van der Waals surface area contributed by atoms with Crippen LogP contribution < -0.4 is 4.90 Å². The molecule has 1 aliphatic rings. The van der Waals surface area contributed by atoms with Crippen LogP contribution in [0.5, 0.6) is 0 Å². The molecule has 0 saturated carbocycles. The largest absolute Gasteiger partial charge is 0.346 e. The van der Waals surface area contributed by atoms with Crippen molar-refractivity contribution >= 4 is 33.6 Å². The van der Waals surface area contributed by atoms with Crippen molar-refractivity contribution in [1.82, 2.24) is 4.98 Å². The number of carbonyl (C=O) groups excluding carboxylic acids is 1. The first kappa shape index (κ1) is 13.7. The van der Waals surface area contributed by atoms with Gasteiger partial charge in [0.05, 0.1) is 10.6 Å². The van der Waals surface area contributed by atoms with Gasteiger partial charge in [-0.3, -0.25) is 9.00 Å². The van der Waals surface area contributed by atoms with E-state index in [-0.39, 0.29) is 0 Å². The summed E-state index contributed by atoms with van der Waals surface area (Å²) in [5, 5.41) is 0.907. The average molecular weight is 286 g/mol. The van der Waals surface area contributed by atoms with Crippen molar-refractivity contribution in [2.24, 2.45) is 0 Å². The van der Waals surface area contributed by atoms with Crippen LogP contribution in [-0.4, -0.2) is 40.1 Å². The number of nitrogens with zero attached hydrogens (tertiary/aromatic N) is 2. The summed E-state index contributed by atoms with van der Waals surface area (Å²) in [6, 6.07) is 0. The zero-order valence-corrected chi connectivity index (χ0v) is 12.4. The molecule has 1 aromatic heterocycles. The van der Waals surface area contributed by atoms with Crippen LogP contribution in [0.15, 0.2) is 0 Å². The third kappa shape index (κ3) is 2.80. The van der Waals surface area contributed by atoms with Crippen molar-refractivity contribution in [3.05, 3.63) is 10.6 Å². The van der Waals surface area contributed by atoms with E-state index in [0.29, 0.717) is 17.4 Å². The fraction of sp³-hybridized carbons (Fsp3) is 0.667. The van der Waals surface area contributed by atoms with Crippen LogP contribution in [0.2, 0.25) is 0 Å². The van der Waals surface area contributed by atoms with E-state index in [2.05, 4.69) is 23.7 Å². The zero-order valence-electron chi connectivity index (χ0n) is 10.7. The van der Waals surface area contributed by atoms with Crippen LogP contribution in [0, 0.1) is 0 Å². The van der Waals surface area contributed by atoms with Crippen LogP contribution in [0.3, 0.4) is 0 Å². The van der Waals surface area contributed by atoms with Crippen LogP contribution in [-0.2, 0) is 10.8 Å². The minimum atomic E-state index is -0.680. The van der Waals surface area contributed by atoms with Gasteiger partial charge in [-0.1, -0.05) is 25.2 Å². The van der Waals surface area contributed by atoms with Gasteiger partial charge in [-0.05, 0) is 12.3 Å². The highest BCUT2D eigenvalue weighted by Crippen LogP contribution is 2.31. The Balaban J connectivity index is 2.21. The fourth-order valence-corrected chi connectivity index (χ4v) is 4.03. The van der Waals surface area contributed by atoms with Gasteiger partial charge in [0.2, 0.25) is 0 Å². The Morgan fingerprint density at radius 1 is 1.50 bits per heavy atom. The first-order valence-corrected chi connectivity index (χ1v) is 8.52. The number of aromatic nitrogens is 1. The van der Waals surface area contributed by atoms with Crippen molar-refractivity contribution in [3.8, 4) is 0 Å². The molecule has 0 N–H and O–H groups in total. The van der Waals surface area contributed by atoms with Crippen LogP contribution in [0.1, 0.15) is 41.6 Å². The molecule has 1 saturated heterocycles. The van der Waals surface area contributed by atoms with Gasteiger partial charge >= 0.3 is 0 Å². The van der Waals surface area contributed by atoms with E-state index in [1.54, 1.807) is 0 Å². The number of anilines is 1. The van der Waals surface area contributed by atoms with Gasteiger partial charge in [-0.15, -0.1) is 0 Å². The SMILES string of the molecule is CCC(C)c1nc(N2CCS(=O)CC2)sc1C=O. The molecule has 100 valence electrons. The summed E-state index contributed by atoms with van der Waals surface area (Å²) < 4.78 is 11.3. The summed E-state index contributed by atoms with van der Waals surface area (Å²) in [5.74, 6) is 1.72. The molecular weight excluding hydrogens is 268 g/mol.